The number of benzene rings is 3. The number of hydrogen-bond donors (Lipinski definition) is 1. The maximum atomic E-state index is 12.9. The number of aryl methyl sites for hydroxylation is 1. The molecule has 1 amide bonds. The Morgan fingerprint density at radius 1 is 0.946 bits per heavy atom. The summed E-state index contributed by atoms with van der Waals surface area (Å²) in [7, 11) is 0. The van der Waals surface area contributed by atoms with E-state index in [1.54, 1.807) is 12.3 Å². The van der Waals surface area contributed by atoms with Crippen LogP contribution in [0, 0.1) is 0 Å². The van der Waals surface area contributed by atoms with E-state index in [0.29, 0.717) is 19.0 Å². The molecule has 0 unspecified atom stereocenters. The number of carbonyl (C=O) groups is 1. The monoisotopic (exact) mass is 497 g/mol. The third-order valence-corrected chi connectivity index (χ3v) is 6.26. The van der Waals surface area contributed by atoms with E-state index in [1.165, 1.54) is 12.0 Å². The Kier molecular flexibility index (Phi) is 8.68. The van der Waals surface area contributed by atoms with Gasteiger partial charge in [-0.05, 0) is 80.6 Å². The molecule has 0 aliphatic carbocycles. The minimum Gasteiger partial charge on any atom is -0.494 e. The minimum absolute atomic E-state index is 0.180. The lowest BCUT2D eigenvalue weighted by molar-refractivity contribution is -0.111. The summed E-state index contributed by atoms with van der Waals surface area (Å²) >= 11 is 0. The molecule has 0 fully saturated rings. The zero-order chi connectivity index (χ0) is 26.2. The van der Waals surface area contributed by atoms with Crippen LogP contribution in [-0.4, -0.2) is 19.1 Å². The number of hydrogen-bond acceptors (Lipinski definition) is 4. The van der Waals surface area contributed by atoms with Crippen molar-refractivity contribution in [2.45, 2.75) is 47.0 Å². The van der Waals surface area contributed by atoms with Gasteiger partial charge in [-0.1, -0.05) is 37.6 Å². The number of amides is 1. The standard InChI is InChI=1S/C32H35NO4/c1-5-8-9-23-10-14-25(15-11-23)33-32(34)18-22(4)27-19-28-29(21-37-31(28)20-30(27)36-7-3)24-12-16-26(17-13-24)35-6-2/h10-21H,5-9H2,1-4H3,(H,33,34)/b22-18+. The van der Waals surface area contributed by atoms with Gasteiger partial charge in [0, 0.05) is 34.3 Å². The van der Waals surface area contributed by atoms with E-state index in [-0.39, 0.29) is 5.91 Å². The average molecular weight is 498 g/mol. The Morgan fingerprint density at radius 2 is 1.68 bits per heavy atom. The first-order valence-electron chi connectivity index (χ1n) is 13.0. The summed E-state index contributed by atoms with van der Waals surface area (Å²) in [5.74, 6) is 1.34. The first-order valence-corrected chi connectivity index (χ1v) is 13.0. The van der Waals surface area contributed by atoms with E-state index >= 15 is 0 Å². The van der Waals surface area contributed by atoms with Crippen molar-refractivity contribution in [1.29, 1.82) is 0 Å². The zero-order valence-corrected chi connectivity index (χ0v) is 22.1. The van der Waals surface area contributed by atoms with E-state index in [1.807, 2.05) is 69.3 Å². The fourth-order valence-corrected chi connectivity index (χ4v) is 4.35. The fraction of sp³-hybridized carbons (Fsp3) is 0.281. The van der Waals surface area contributed by atoms with E-state index in [0.717, 1.165) is 57.5 Å². The van der Waals surface area contributed by atoms with Crippen LogP contribution in [0.3, 0.4) is 0 Å². The van der Waals surface area contributed by atoms with Crippen molar-refractivity contribution in [2.75, 3.05) is 18.5 Å². The number of rotatable bonds is 11. The van der Waals surface area contributed by atoms with Crippen LogP contribution < -0.4 is 14.8 Å². The Bertz CT molecular complexity index is 1360. The van der Waals surface area contributed by atoms with Crippen LogP contribution >= 0.6 is 0 Å². The maximum Gasteiger partial charge on any atom is 0.248 e. The highest BCUT2D eigenvalue weighted by Crippen LogP contribution is 2.38. The molecule has 4 aromatic rings. The number of ether oxygens (including phenoxy) is 2. The van der Waals surface area contributed by atoms with E-state index < -0.39 is 0 Å². The van der Waals surface area contributed by atoms with Gasteiger partial charge < -0.3 is 19.2 Å². The molecule has 1 aromatic heterocycles. The number of carbonyl (C=O) groups excluding carboxylic acids is 1. The highest BCUT2D eigenvalue weighted by atomic mass is 16.5. The van der Waals surface area contributed by atoms with Crippen molar-refractivity contribution in [3.8, 4) is 22.6 Å². The molecule has 0 spiro atoms. The fourth-order valence-electron chi connectivity index (χ4n) is 4.35. The van der Waals surface area contributed by atoms with Gasteiger partial charge in [0.15, 0.2) is 0 Å². The van der Waals surface area contributed by atoms with Gasteiger partial charge in [-0.25, -0.2) is 0 Å². The number of unbranched alkanes of at least 4 members (excludes halogenated alkanes) is 1. The summed E-state index contributed by atoms with van der Waals surface area (Å²) in [6.45, 7) is 9.15. The first kappa shape index (κ1) is 26.1. The molecule has 1 heterocycles. The van der Waals surface area contributed by atoms with Crippen LogP contribution in [-0.2, 0) is 11.2 Å². The molecule has 0 radical (unpaired) electrons. The van der Waals surface area contributed by atoms with Crippen LogP contribution in [0.1, 0.15) is 51.7 Å². The summed E-state index contributed by atoms with van der Waals surface area (Å²) in [4.78, 5) is 12.9. The molecule has 0 aliphatic rings. The molecule has 0 bridgehead atoms. The molecular formula is C32H35NO4. The molecule has 37 heavy (non-hydrogen) atoms. The van der Waals surface area contributed by atoms with E-state index in [2.05, 4.69) is 24.4 Å². The van der Waals surface area contributed by atoms with Crippen LogP contribution in [0.25, 0.3) is 27.7 Å². The molecule has 0 saturated carbocycles. The van der Waals surface area contributed by atoms with Gasteiger partial charge >= 0.3 is 0 Å². The van der Waals surface area contributed by atoms with Crippen LogP contribution in [0.2, 0.25) is 0 Å². The molecule has 192 valence electrons. The normalized spacial score (nSPS) is 11.5. The Labute approximate surface area is 219 Å². The second-order valence-electron chi connectivity index (χ2n) is 9.00. The lowest BCUT2D eigenvalue weighted by Gasteiger charge is -2.12. The smallest absolute Gasteiger partial charge is 0.248 e. The third-order valence-electron chi connectivity index (χ3n) is 6.26. The summed E-state index contributed by atoms with van der Waals surface area (Å²) in [6, 6.07) is 20.0. The molecule has 1 N–H and O–H groups in total. The van der Waals surface area contributed by atoms with E-state index in [9.17, 15) is 4.79 Å². The predicted octanol–water partition coefficient (Wildman–Crippen LogP) is 8.28. The van der Waals surface area contributed by atoms with Crippen molar-refractivity contribution >= 4 is 28.1 Å². The molecule has 5 nitrogen and oxygen atoms in total. The molecule has 3 aromatic carbocycles. The molecule has 0 aliphatic heterocycles. The Hall–Kier alpha value is -3.99. The van der Waals surface area contributed by atoms with Crippen molar-refractivity contribution in [1.82, 2.24) is 0 Å². The van der Waals surface area contributed by atoms with Gasteiger partial charge in [0.05, 0.1) is 19.5 Å². The van der Waals surface area contributed by atoms with Gasteiger partial charge in [-0.3, -0.25) is 4.79 Å². The lowest BCUT2D eigenvalue weighted by atomic mass is 9.99. The second-order valence-corrected chi connectivity index (χ2v) is 9.00. The van der Waals surface area contributed by atoms with Gasteiger partial charge in [-0.15, -0.1) is 0 Å². The number of nitrogens with one attached hydrogen (secondary N) is 1. The number of furan rings is 1. The Morgan fingerprint density at radius 3 is 2.35 bits per heavy atom. The topological polar surface area (TPSA) is 60.7 Å². The van der Waals surface area contributed by atoms with Gasteiger partial charge in [-0.2, -0.15) is 0 Å². The van der Waals surface area contributed by atoms with Crippen molar-refractivity contribution in [2.24, 2.45) is 0 Å². The third kappa shape index (κ3) is 6.42. The van der Waals surface area contributed by atoms with Crippen LogP contribution in [0.4, 0.5) is 5.69 Å². The first-order chi connectivity index (χ1) is 18.0. The summed E-state index contributed by atoms with van der Waals surface area (Å²) < 4.78 is 17.4. The summed E-state index contributed by atoms with van der Waals surface area (Å²) in [5.41, 5.74) is 6.46. The van der Waals surface area contributed by atoms with Gasteiger partial charge in [0.25, 0.3) is 0 Å². The van der Waals surface area contributed by atoms with Crippen LogP contribution in [0.15, 0.2) is 77.4 Å². The van der Waals surface area contributed by atoms with Crippen molar-refractivity contribution < 1.29 is 18.7 Å². The molecule has 0 saturated heterocycles. The van der Waals surface area contributed by atoms with Gasteiger partial charge in [0.1, 0.15) is 17.1 Å². The molecule has 0 atom stereocenters. The highest BCUT2D eigenvalue weighted by molar-refractivity contribution is 6.05. The summed E-state index contributed by atoms with van der Waals surface area (Å²) in [6.07, 6.45) is 6.76. The average Bonchev–Trinajstić information content (AvgIpc) is 3.31. The van der Waals surface area contributed by atoms with E-state index in [4.69, 9.17) is 13.9 Å². The number of allylic oxidation sites excluding steroid dienone is 1. The van der Waals surface area contributed by atoms with Gasteiger partial charge in [0.2, 0.25) is 5.91 Å². The lowest BCUT2D eigenvalue weighted by Crippen LogP contribution is -2.08. The predicted molar refractivity (Wildman–Crippen MR) is 151 cm³/mol. The summed E-state index contributed by atoms with van der Waals surface area (Å²) in [5, 5.41) is 3.93. The molecule has 5 heteroatoms. The van der Waals surface area contributed by atoms with Crippen molar-refractivity contribution in [3.05, 3.63) is 84.1 Å². The zero-order valence-electron chi connectivity index (χ0n) is 22.1. The van der Waals surface area contributed by atoms with Crippen LogP contribution in [0.5, 0.6) is 11.5 Å². The second kappa shape index (κ2) is 12.3. The highest BCUT2D eigenvalue weighted by Gasteiger charge is 2.15. The number of fused-ring (bicyclic) bond motifs is 1. The maximum absolute atomic E-state index is 12.9. The minimum atomic E-state index is -0.180. The number of anilines is 1. The SMILES string of the molecule is CCCCc1ccc(NC(=O)/C=C(\C)c2cc3c(-c4ccc(OCC)cc4)coc3cc2OCC)cc1. The quantitative estimate of drug-likeness (QED) is 0.212. The Balaban J connectivity index is 1.61. The largest absolute Gasteiger partial charge is 0.494 e. The molecular weight excluding hydrogens is 462 g/mol. The van der Waals surface area contributed by atoms with Crippen molar-refractivity contribution in [3.63, 3.8) is 0 Å². The molecule has 4 rings (SSSR count).